The lowest BCUT2D eigenvalue weighted by atomic mass is 9.92. The molecule has 0 atom stereocenters. The van der Waals surface area contributed by atoms with Gasteiger partial charge < -0.3 is 20.9 Å². The zero-order valence-electron chi connectivity index (χ0n) is 13.6. The van der Waals surface area contributed by atoms with Gasteiger partial charge in [-0.15, -0.1) is 0 Å². The maximum Gasteiger partial charge on any atom is 0.0104 e. The average Bonchev–Trinajstić information content (AvgIpc) is 2.27. The van der Waals surface area contributed by atoms with Crippen molar-refractivity contribution in [3.8, 4) is 0 Å². The smallest absolute Gasteiger partial charge is 0.0104 e. The molecule has 0 saturated carbocycles. The molecule has 0 aromatic rings. The number of likely N-dealkylation sites (N-methyl/N-ethyl adjacent to an activating group) is 1. The summed E-state index contributed by atoms with van der Waals surface area (Å²) >= 11 is 0. The van der Waals surface area contributed by atoms with Gasteiger partial charge in [-0.2, -0.15) is 0 Å². The summed E-state index contributed by atoms with van der Waals surface area (Å²) in [6.07, 6.45) is 0. The van der Waals surface area contributed by atoms with Gasteiger partial charge in [0.1, 0.15) is 0 Å². The van der Waals surface area contributed by atoms with Crippen molar-refractivity contribution in [1.82, 2.24) is 20.9 Å². The van der Waals surface area contributed by atoms with Crippen molar-refractivity contribution in [2.24, 2.45) is 10.8 Å². The topological polar surface area (TPSA) is 39.3 Å². The molecule has 0 aromatic carbocycles. The molecule has 4 heteroatoms. The van der Waals surface area contributed by atoms with Crippen molar-refractivity contribution in [1.29, 1.82) is 0 Å². The van der Waals surface area contributed by atoms with Crippen LogP contribution in [-0.4, -0.2) is 64.3 Å². The third-order valence-electron chi connectivity index (χ3n) is 3.66. The zero-order valence-corrected chi connectivity index (χ0v) is 13.6. The van der Waals surface area contributed by atoms with Gasteiger partial charge in [-0.05, 0) is 17.9 Å². The van der Waals surface area contributed by atoms with Gasteiger partial charge in [0.05, 0.1) is 0 Å². The van der Waals surface area contributed by atoms with E-state index in [2.05, 4.69) is 55.6 Å². The monoisotopic (exact) mass is 270 g/mol. The van der Waals surface area contributed by atoms with E-state index in [0.29, 0.717) is 10.8 Å². The Kier molecular flexibility index (Phi) is 6.74. The van der Waals surface area contributed by atoms with Crippen molar-refractivity contribution in [3.05, 3.63) is 0 Å². The first kappa shape index (κ1) is 16.9. The fourth-order valence-corrected chi connectivity index (χ4v) is 2.66. The number of hydrogen-bond donors (Lipinski definition) is 3. The Morgan fingerprint density at radius 3 is 1.79 bits per heavy atom. The minimum atomic E-state index is 0.321. The highest BCUT2D eigenvalue weighted by atomic mass is 15.1. The highest BCUT2D eigenvalue weighted by Gasteiger charge is 2.21. The van der Waals surface area contributed by atoms with Crippen LogP contribution in [0.25, 0.3) is 0 Å². The minimum absolute atomic E-state index is 0.321. The Morgan fingerprint density at radius 1 is 0.737 bits per heavy atom. The second-order valence-corrected chi connectivity index (χ2v) is 7.60. The molecule has 1 saturated heterocycles. The van der Waals surface area contributed by atoms with Crippen LogP contribution < -0.4 is 16.0 Å². The first-order valence-corrected chi connectivity index (χ1v) is 7.62. The molecule has 0 spiro atoms. The van der Waals surface area contributed by atoms with E-state index in [1.165, 1.54) is 0 Å². The molecule has 0 amide bonds. The van der Waals surface area contributed by atoms with Crippen molar-refractivity contribution in [2.45, 2.75) is 27.7 Å². The van der Waals surface area contributed by atoms with Crippen molar-refractivity contribution < 1.29 is 0 Å². The Labute approximate surface area is 119 Å². The molecule has 19 heavy (non-hydrogen) atoms. The van der Waals surface area contributed by atoms with Crippen LogP contribution in [-0.2, 0) is 0 Å². The average molecular weight is 270 g/mol. The quantitative estimate of drug-likeness (QED) is 0.607. The molecule has 0 aliphatic carbocycles. The number of nitrogens with one attached hydrogen (secondary N) is 3. The van der Waals surface area contributed by atoms with Crippen LogP contribution in [0.3, 0.4) is 0 Å². The summed E-state index contributed by atoms with van der Waals surface area (Å²) in [6, 6.07) is 0. The van der Waals surface area contributed by atoms with Gasteiger partial charge in [-0.3, -0.25) is 0 Å². The minimum Gasteiger partial charge on any atom is -0.315 e. The van der Waals surface area contributed by atoms with Crippen LogP contribution in [0.4, 0.5) is 0 Å². The van der Waals surface area contributed by atoms with E-state index in [-0.39, 0.29) is 0 Å². The van der Waals surface area contributed by atoms with Crippen molar-refractivity contribution in [2.75, 3.05) is 59.4 Å². The van der Waals surface area contributed by atoms with E-state index in [0.717, 1.165) is 52.4 Å². The van der Waals surface area contributed by atoms with Gasteiger partial charge in [0.15, 0.2) is 0 Å². The predicted octanol–water partition coefficient (Wildman–Crippen LogP) is 0.753. The summed E-state index contributed by atoms with van der Waals surface area (Å²) in [7, 11) is 2.22. The van der Waals surface area contributed by atoms with Crippen LogP contribution in [0.5, 0.6) is 0 Å². The van der Waals surface area contributed by atoms with Gasteiger partial charge in [0.2, 0.25) is 0 Å². The standard InChI is InChI=1S/C15H34N4/c1-14(2)10-16-6-7-17-12-15(3,4)13-19(5)9-8-18-11-14/h16-18H,6-13H2,1-5H3. The molecule has 1 aliphatic rings. The van der Waals surface area contributed by atoms with Gasteiger partial charge in [0.25, 0.3) is 0 Å². The Balaban J connectivity index is 2.46. The molecule has 3 N–H and O–H groups in total. The molecule has 0 radical (unpaired) electrons. The van der Waals surface area contributed by atoms with E-state index in [1.54, 1.807) is 0 Å². The van der Waals surface area contributed by atoms with Gasteiger partial charge in [0, 0.05) is 52.4 Å². The summed E-state index contributed by atoms with van der Waals surface area (Å²) < 4.78 is 0. The number of nitrogens with zero attached hydrogens (tertiary/aromatic N) is 1. The Bertz CT molecular complexity index is 251. The number of hydrogen-bond acceptors (Lipinski definition) is 4. The largest absolute Gasteiger partial charge is 0.315 e. The van der Waals surface area contributed by atoms with E-state index in [4.69, 9.17) is 0 Å². The lowest BCUT2D eigenvalue weighted by Crippen LogP contribution is -2.46. The highest BCUT2D eigenvalue weighted by molar-refractivity contribution is 4.78. The van der Waals surface area contributed by atoms with Gasteiger partial charge in [-0.1, -0.05) is 27.7 Å². The summed E-state index contributed by atoms with van der Waals surface area (Å²) in [5.41, 5.74) is 0.653. The normalized spacial score (nSPS) is 27.6. The maximum absolute atomic E-state index is 3.59. The molecule has 0 bridgehead atoms. The molecule has 1 fully saturated rings. The SMILES string of the molecule is CN1CCNCC(C)(C)CNCCNCC(C)(C)C1. The van der Waals surface area contributed by atoms with Crippen molar-refractivity contribution >= 4 is 0 Å². The Morgan fingerprint density at radius 2 is 1.21 bits per heavy atom. The summed E-state index contributed by atoms with van der Waals surface area (Å²) in [4.78, 5) is 2.44. The second kappa shape index (κ2) is 7.58. The third kappa shape index (κ3) is 7.88. The highest BCUT2D eigenvalue weighted by Crippen LogP contribution is 2.15. The van der Waals surface area contributed by atoms with Crippen LogP contribution in [0.15, 0.2) is 0 Å². The van der Waals surface area contributed by atoms with Crippen molar-refractivity contribution in [3.63, 3.8) is 0 Å². The van der Waals surface area contributed by atoms with E-state index < -0.39 is 0 Å². The molecule has 1 aliphatic heterocycles. The molecule has 114 valence electrons. The van der Waals surface area contributed by atoms with E-state index in [9.17, 15) is 0 Å². The fraction of sp³-hybridized carbons (Fsp3) is 1.00. The molecule has 0 aromatic heterocycles. The summed E-state index contributed by atoms with van der Waals surface area (Å²) in [5, 5.41) is 10.7. The van der Waals surface area contributed by atoms with Gasteiger partial charge >= 0.3 is 0 Å². The number of rotatable bonds is 0. The molecule has 1 rings (SSSR count). The second-order valence-electron chi connectivity index (χ2n) is 7.60. The fourth-order valence-electron chi connectivity index (χ4n) is 2.66. The van der Waals surface area contributed by atoms with Crippen LogP contribution in [0.2, 0.25) is 0 Å². The summed E-state index contributed by atoms with van der Waals surface area (Å²) in [6.45, 7) is 18.0. The van der Waals surface area contributed by atoms with E-state index >= 15 is 0 Å². The molecule has 4 nitrogen and oxygen atoms in total. The lowest BCUT2D eigenvalue weighted by Gasteiger charge is -2.32. The van der Waals surface area contributed by atoms with Crippen LogP contribution in [0.1, 0.15) is 27.7 Å². The predicted molar refractivity (Wildman–Crippen MR) is 83.7 cm³/mol. The lowest BCUT2D eigenvalue weighted by molar-refractivity contribution is 0.199. The zero-order chi connectivity index (χ0) is 14.4. The first-order chi connectivity index (χ1) is 8.81. The molecular weight excluding hydrogens is 236 g/mol. The molecule has 1 heterocycles. The van der Waals surface area contributed by atoms with E-state index in [1.807, 2.05) is 0 Å². The first-order valence-electron chi connectivity index (χ1n) is 7.62. The van der Waals surface area contributed by atoms with Gasteiger partial charge in [-0.25, -0.2) is 0 Å². The summed E-state index contributed by atoms with van der Waals surface area (Å²) in [5.74, 6) is 0. The third-order valence-corrected chi connectivity index (χ3v) is 3.66. The molecule has 0 unspecified atom stereocenters. The maximum atomic E-state index is 3.59. The van der Waals surface area contributed by atoms with Crippen LogP contribution >= 0.6 is 0 Å². The van der Waals surface area contributed by atoms with Crippen LogP contribution in [0, 0.1) is 10.8 Å². The molecular formula is C15H34N4. The Hall–Kier alpha value is -0.160.